The second-order valence-electron chi connectivity index (χ2n) is 5.57. The third kappa shape index (κ3) is 3.16. The summed E-state index contributed by atoms with van der Waals surface area (Å²) in [6.07, 6.45) is -4.67. The zero-order valence-electron chi connectivity index (χ0n) is 12.8. The summed E-state index contributed by atoms with van der Waals surface area (Å²) in [5.41, 5.74) is -1.39. The molecular formula is C15H16F4N2O2. The van der Waals surface area contributed by atoms with Crippen molar-refractivity contribution in [1.29, 1.82) is 0 Å². The second-order valence-corrected chi connectivity index (χ2v) is 5.57. The molecule has 1 saturated heterocycles. The number of halogens is 4. The van der Waals surface area contributed by atoms with Gasteiger partial charge in [0.1, 0.15) is 17.9 Å². The first-order valence-electron chi connectivity index (χ1n) is 6.96. The van der Waals surface area contributed by atoms with Crippen LogP contribution in [0.2, 0.25) is 0 Å². The van der Waals surface area contributed by atoms with Crippen LogP contribution in [-0.4, -0.2) is 40.7 Å². The molecule has 0 N–H and O–H groups in total. The number of hydrogen-bond donors (Lipinski definition) is 0. The maximum Gasteiger partial charge on any atom is 0.416 e. The Balaban J connectivity index is 2.40. The lowest BCUT2D eigenvalue weighted by Gasteiger charge is -2.41. The molecule has 0 aliphatic carbocycles. The van der Waals surface area contributed by atoms with Crippen molar-refractivity contribution in [3.05, 3.63) is 35.1 Å². The number of hydrogen-bond acceptors (Lipinski definition) is 2. The number of benzene rings is 1. The van der Waals surface area contributed by atoms with Crippen LogP contribution in [0.15, 0.2) is 18.2 Å². The summed E-state index contributed by atoms with van der Waals surface area (Å²) in [6, 6.07) is 0.418. The highest BCUT2D eigenvalue weighted by atomic mass is 19.4. The third-order valence-electron chi connectivity index (χ3n) is 4.11. The molecule has 1 aliphatic heterocycles. The Morgan fingerprint density at radius 1 is 1.09 bits per heavy atom. The van der Waals surface area contributed by atoms with Gasteiger partial charge in [-0.05, 0) is 37.6 Å². The smallest absolute Gasteiger partial charge is 0.332 e. The van der Waals surface area contributed by atoms with Crippen LogP contribution in [0.3, 0.4) is 0 Å². The fraction of sp³-hybridized carbons (Fsp3) is 0.467. The van der Waals surface area contributed by atoms with Gasteiger partial charge in [-0.3, -0.25) is 9.59 Å². The number of likely N-dealkylation sites (N-methyl/N-ethyl adjacent to an activating group) is 1. The Bertz CT molecular complexity index is 645. The molecule has 2 rings (SSSR count). The van der Waals surface area contributed by atoms with Crippen LogP contribution in [-0.2, 0) is 22.3 Å². The molecule has 126 valence electrons. The van der Waals surface area contributed by atoms with E-state index in [0.717, 1.165) is 17.0 Å². The summed E-state index contributed by atoms with van der Waals surface area (Å²) >= 11 is 0. The molecule has 0 saturated carbocycles. The lowest BCUT2D eigenvalue weighted by Crippen LogP contribution is -2.61. The van der Waals surface area contributed by atoms with E-state index in [1.807, 2.05) is 0 Å². The average molecular weight is 332 g/mol. The minimum Gasteiger partial charge on any atom is -0.332 e. The number of amides is 2. The molecule has 1 heterocycles. The maximum atomic E-state index is 13.4. The summed E-state index contributed by atoms with van der Waals surface area (Å²) in [4.78, 5) is 26.7. The minimum atomic E-state index is -4.67. The van der Waals surface area contributed by atoms with Crippen molar-refractivity contribution < 1.29 is 27.2 Å². The van der Waals surface area contributed by atoms with Crippen LogP contribution < -0.4 is 0 Å². The zero-order chi connectivity index (χ0) is 17.5. The third-order valence-corrected chi connectivity index (χ3v) is 4.11. The lowest BCUT2D eigenvalue weighted by molar-refractivity contribution is -0.159. The fourth-order valence-electron chi connectivity index (χ4n) is 2.58. The molecule has 23 heavy (non-hydrogen) atoms. The molecule has 4 nitrogen and oxygen atoms in total. The molecule has 2 amide bonds. The minimum absolute atomic E-state index is 0.373. The molecule has 0 unspecified atom stereocenters. The molecule has 0 spiro atoms. The van der Waals surface area contributed by atoms with Crippen LogP contribution >= 0.6 is 0 Å². The van der Waals surface area contributed by atoms with Crippen molar-refractivity contribution in [2.24, 2.45) is 0 Å². The van der Waals surface area contributed by atoms with E-state index in [-0.39, 0.29) is 11.5 Å². The molecule has 0 radical (unpaired) electrons. The van der Waals surface area contributed by atoms with Gasteiger partial charge in [-0.2, -0.15) is 13.2 Å². The predicted molar refractivity (Wildman–Crippen MR) is 73.6 cm³/mol. The number of nitrogens with zero attached hydrogens (tertiary/aromatic N) is 2. The monoisotopic (exact) mass is 332 g/mol. The Labute approximate surface area is 130 Å². The molecule has 1 aliphatic rings. The van der Waals surface area contributed by atoms with Crippen molar-refractivity contribution in [3.63, 3.8) is 0 Å². The Hall–Kier alpha value is -2.12. The van der Waals surface area contributed by atoms with Gasteiger partial charge in [-0.15, -0.1) is 0 Å². The van der Waals surface area contributed by atoms with Gasteiger partial charge in [0.05, 0.1) is 5.56 Å². The summed E-state index contributed by atoms with van der Waals surface area (Å²) < 4.78 is 52.5. The Kier molecular flexibility index (Phi) is 4.37. The number of rotatable bonds is 2. The summed E-state index contributed by atoms with van der Waals surface area (Å²) in [6.45, 7) is 2.46. The van der Waals surface area contributed by atoms with Crippen LogP contribution in [0.25, 0.3) is 0 Å². The van der Waals surface area contributed by atoms with E-state index in [1.54, 1.807) is 0 Å². The number of alkyl halides is 3. The molecule has 1 aromatic carbocycles. The van der Waals surface area contributed by atoms with Gasteiger partial charge in [0.2, 0.25) is 11.8 Å². The summed E-state index contributed by atoms with van der Waals surface area (Å²) in [5.74, 6) is -1.68. The van der Waals surface area contributed by atoms with Crippen molar-refractivity contribution >= 4 is 11.8 Å². The number of piperazine rings is 1. The van der Waals surface area contributed by atoms with Gasteiger partial charge >= 0.3 is 6.18 Å². The molecule has 2 atom stereocenters. The van der Waals surface area contributed by atoms with Gasteiger partial charge in [-0.1, -0.05) is 0 Å². The second kappa shape index (κ2) is 5.82. The van der Waals surface area contributed by atoms with E-state index < -0.39 is 42.1 Å². The first kappa shape index (κ1) is 17.2. The lowest BCUT2D eigenvalue weighted by atomic mass is 10.0. The van der Waals surface area contributed by atoms with Crippen molar-refractivity contribution in [2.75, 3.05) is 7.05 Å². The number of carbonyl (C=O) groups is 2. The van der Waals surface area contributed by atoms with Crippen LogP contribution in [0, 0.1) is 5.82 Å². The molecule has 0 aromatic heterocycles. The normalized spacial score (nSPS) is 22.7. The highest BCUT2D eigenvalue weighted by molar-refractivity contribution is 5.96. The topological polar surface area (TPSA) is 40.6 Å². The van der Waals surface area contributed by atoms with E-state index in [4.69, 9.17) is 0 Å². The highest BCUT2D eigenvalue weighted by Gasteiger charge is 2.41. The van der Waals surface area contributed by atoms with Gasteiger partial charge in [-0.25, -0.2) is 4.39 Å². The predicted octanol–water partition coefficient (Wildman–Crippen LogP) is 2.42. The van der Waals surface area contributed by atoms with E-state index in [2.05, 4.69) is 0 Å². The fourth-order valence-corrected chi connectivity index (χ4v) is 2.58. The van der Waals surface area contributed by atoms with Crippen LogP contribution in [0.4, 0.5) is 17.6 Å². The molecule has 0 bridgehead atoms. The molecule has 1 aromatic rings. The van der Waals surface area contributed by atoms with E-state index in [9.17, 15) is 27.2 Å². The summed E-state index contributed by atoms with van der Waals surface area (Å²) in [5, 5.41) is 0. The van der Waals surface area contributed by atoms with Crippen molar-refractivity contribution in [3.8, 4) is 0 Å². The Morgan fingerprint density at radius 3 is 2.26 bits per heavy atom. The molecular weight excluding hydrogens is 316 g/mol. The highest BCUT2D eigenvalue weighted by Crippen LogP contribution is 2.33. The van der Waals surface area contributed by atoms with Gasteiger partial charge in [0.15, 0.2) is 0 Å². The Morgan fingerprint density at radius 2 is 1.70 bits per heavy atom. The zero-order valence-corrected chi connectivity index (χ0v) is 12.8. The quantitative estimate of drug-likeness (QED) is 0.781. The molecule has 1 fully saturated rings. The van der Waals surface area contributed by atoms with Gasteiger partial charge in [0, 0.05) is 13.6 Å². The van der Waals surface area contributed by atoms with E-state index in [1.165, 1.54) is 25.8 Å². The largest absolute Gasteiger partial charge is 0.416 e. The van der Waals surface area contributed by atoms with Crippen molar-refractivity contribution in [1.82, 2.24) is 9.80 Å². The van der Waals surface area contributed by atoms with Crippen molar-refractivity contribution in [2.45, 2.75) is 38.7 Å². The van der Waals surface area contributed by atoms with E-state index in [0.29, 0.717) is 6.07 Å². The maximum absolute atomic E-state index is 13.4. The molecule has 8 heteroatoms. The first-order chi connectivity index (χ1) is 10.5. The van der Waals surface area contributed by atoms with Gasteiger partial charge < -0.3 is 9.80 Å². The van der Waals surface area contributed by atoms with E-state index >= 15 is 0 Å². The van der Waals surface area contributed by atoms with Gasteiger partial charge in [0.25, 0.3) is 0 Å². The average Bonchev–Trinajstić information content (AvgIpc) is 2.46. The SMILES string of the molecule is C[C@H]1C(=O)N(Cc2cc(F)ccc2C(F)(F)F)[C@@H](C)C(=O)N1C. The number of carbonyl (C=O) groups excluding carboxylic acids is 2. The van der Waals surface area contributed by atoms with Crippen LogP contribution in [0.1, 0.15) is 25.0 Å². The van der Waals surface area contributed by atoms with Crippen LogP contribution in [0.5, 0.6) is 0 Å². The first-order valence-corrected chi connectivity index (χ1v) is 6.96. The standard InChI is InChI=1S/C15H16F4N2O2/c1-8-14(23)21(9(2)13(22)20(8)3)7-10-6-11(16)4-5-12(10)15(17,18)19/h4-6,8-9H,7H2,1-3H3/t8-,9-/m0/s1. The summed E-state index contributed by atoms with van der Waals surface area (Å²) in [7, 11) is 1.46.